The van der Waals surface area contributed by atoms with Crippen LogP contribution in [-0.4, -0.2) is 82.5 Å². The van der Waals surface area contributed by atoms with E-state index in [0.29, 0.717) is 40.2 Å². The standard InChI is InChI=1S/C28H30ClFN4O5/c1-18-16-21(6-9-23(18)30)25(35)32-14-15-33-24(17-32)26(36)34(27(33)37)39-28(38)31-12-10-20(11-13-31)3-2-19-4-7-22(29)8-5-19/h4-9,16,20,24H,2-3,10-15,17H2,1H3. The van der Waals surface area contributed by atoms with Crippen LogP contribution in [0.25, 0.3) is 0 Å². The number of amides is 5. The Labute approximate surface area is 231 Å². The van der Waals surface area contributed by atoms with Crippen LogP contribution >= 0.6 is 11.6 Å². The van der Waals surface area contributed by atoms with Gasteiger partial charge in [-0.1, -0.05) is 28.8 Å². The molecule has 3 saturated heterocycles. The molecule has 3 fully saturated rings. The number of rotatable bonds is 5. The molecule has 0 bridgehead atoms. The molecule has 206 valence electrons. The zero-order valence-corrected chi connectivity index (χ0v) is 22.4. The molecule has 3 aliphatic heterocycles. The third-order valence-corrected chi connectivity index (χ3v) is 8.03. The largest absolute Gasteiger partial charge is 0.434 e. The fraction of sp³-hybridized carbons (Fsp3) is 0.429. The molecule has 0 radical (unpaired) electrons. The van der Waals surface area contributed by atoms with Gasteiger partial charge in [0, 0.05) is 36.8 Å². The summed E-state index contributed by atoms with van der Waals surface area (Å²) in [6, 6.07) is 10.2. The topological polar surface area (TPSA) is 90.5 Å². The van der Waals surface area contributed by atoms with Crippen molar-refractivity contribution in [3.63, 3.8) is 0 Å². The van der Waals surface area contributed by atoms with Gasteiger partial charge in [-0.05, 0) is 80.0 Å². The number of imide groups is 1. The molecule has 5 amide bonds. The van der Waals surface area contributed by atoms with Crippen LogP contribution < -0.4 is 0 Å². The number of hydrogen-bond donors (Lipinski definition) is 0. The summed E-state index contributed by atoms with van der Waals surface area (Å²) in [6.07, 6.45) is 2.80. The first-order valence-electron chi connectivity index (χ1n) is 13.1. The second kappa shape index (κ2) is 11.2. The van der Waals surface area contributed by atoms with Gasteiger partial charge >= 0.3 is 12.1 Å². The highest BCUT2D eigenvalue weighted by molar-refractivity contribution is 6.30. The highest BCUT2D eigenvalue weighted by atomic mass is 35.5. The summed E-state index contributed by atoms with van der Waals surface area (Å²) in [5.41, 5.74) is 1.87. The Morgan fingerprint density at radius 2 is 1.72 bits per heavy atom. The number of piperazine rings is 1. The first-order valence-corrected chi connectivity index (χ1v) is 13.5. The van der Waals surface area contributed by atoms with Crippen LogP contribution in [0.2, 0.25) is 5.02 Å². The number of piperidine rings is 1. The summed E-state index contributed by atoms with van der Waals surface area (Å²) >= 11 is 5.95. The number of hydroxylamine groups is 2. The van der Waals surface area contributed by atoms with Gasteiger partial charge in [0.25, 0.3) is 11.8 Å². The quantitative estimate of drug-likeness (QED) is 0.513. The van der Waals surface area contributed by atoms with Crippen LogP contribution in [0.4, 0.5) is 14.0 Å². The molecule has 11 heteroatoms. The summed E-state index contributed by atoms with van der Waals surface area (Å²) < 4.78 is 13.6. The Kier molecular flexibility index (Phi) is 7.74. The van der Waals surface area contributed by atoms with E-state index in [9.17, 15) is 23.6 Å². The van der Waals surface area contributed by atoms with Gasteiger partial charge in [0.05, 0.1) is 6.54 Å². The number of carbonyl (C=O) groups excluding carboxylic acids is 4. The smallest absolute Gasteiger partial charge is 0.334 e. The second-order valence-electron chi connectivity index (χ2n) is 10.3. The Balaban J connectivity index is 1.13. The highest BCUT2D eigenvalue weighted by Crippen LogP contribution is 2.27. The van der Waals surface area contributed by atoms with Gasteiger partial charge in [0.15, 0.2) is 0 Å². The first kappa shape index (κ1) is 26.9. The number of hydrogen-bond acceptors (Lipinski definition) is 5. The zero-order chi connectivity index (χ0) is 27.7. The van der Waals surface area contributed by atoms with E-state index in [2.05, 4.69) is 0 Å². The lowest BCUT2D eigenvalue weighted by atomic mass is 9.91. The van der Waals surface area contributed by atoms with Crippen LogP contribution in [0.5, 0.6) is 0 Å². The fourth-order valence-corrected chi connectivity index (χ4v) is 5.49. The second-order valence-corrected chi connectivity index (χ2v) is 10.7. The first-order chi connectivity index (χ1) is 18.7. The minimum absolute atomic E-state index is 0.0348. The Bertz CT molecular complexity index is 1280. The van der Waals surface area contributed by atoms with Gasteiger partial charge in [0.1, 0.15) is 11.9 Å². The Hall–Kier alpha value is -3.66. The van der Waals surface area contributed by atoms with Crippen molar-refractivity contribution < 1.29 is 28.4 Å². The molecule has 5 rings (SSSR count). The SMILES string of the molecule is Cc1cc(C(=O)N2CCN3C(=O)N(OC(=O)N4CCC(CCc5ccc(Cl)cc5)CC4)C(=O)C3C2)ccc1F. The minimum Gasteiger partial charge on any atom is -0.334 e. The number of likely N-dealkylation sites (tertiary alicyclic amines) is 1. The molecular weight excluding hydrogens is 527 g/mol. The van der Waals surface area contributed by atoms with Crippen molar-refractivity contribution in [3.8, 4) is 0 Å². The van der Waals surface area contributed by atoms with Crippen molar-refractivity contribution in [1.82, 2.24) is 19.8 Å². The molecule has 1 atom stereocenters. The molecule has 1 unspecified atom stereocenters. The molecule has 39 heavy (non-hydrogen) atoms. The summed E-state index contributed by atoms with van der Waals surface area (Å²) in [7, 11) is 0. The number of fused-ring (bicyclic) bond motifs is 1. The molecule has 2 aromatic rings. The summed E-state index contributed by atoms with van der Waals surface area (Å²) in [5, 5.41) is 1.23. The Morgan fingerprint density at radius 3 is 2.41 bits per heavy atom. The van der Waals surface area contributed by atoms with Gasteiger partial charge in [-0.3, -0.25) is 9.59 Å². The Morgan fingerprint density at radius 1 is 1.00 bits per heavy atom. The molecule has 0 saturated carbocycles. The number of urea groups is 1. The van der Waals surface area contributed by atoms with Crippen molar-refractivity contribution in [3.05, 3.63) is 70.0 Å². The maximum absolute atomic E-state index is 13.6. The molecule has 0 aliphatic carbocycles. The zero-order valence-electron chi connectivity index (χ0n) is 21.6. The lowest BCUT2D eigenvalue weighted by Gasteiger charge is -2.35. The van der Waals surface area contributed by atoms with Crippen LogP contribution in [0.1, 0.15) is 40.7 Å². The van der Waals surface area contributed by atoms with Crippen LogP contribution in [0.3, 0.4) is 0 Å². The average molecular weight is 557 g/mol. The third kappa shape index (κ3) is 5.71. The van der Waals surface area contributed by atoms with Gasteiger partial charge in [-0.25, -0.2) is 14.0 Å². The predicted molar refractivity (Wildman–Crippen MR) is 140 cm³/mol. The van der Waals surface area contributed by atoms with Crippen molar-refractivity contribution in [2.45, 2.75) is 38.6 Å². The number of benzene rings is 2. The summed E-state index contributed by atoms with van der Waals surface area (Å²) in [5.74, 6) is -0.985. The molecule has 0 aromatic heterocycles. The number of halogens is 2. The molecule has 3 heterocycles. The van der Waals surface area contributed by atoms with E-state index >= 15 is 0 Å². The lowest BCUT2D eigenvalue weighted by molar-refractivity contribution is -0.152. The fourth-order valence-electron chi connectivity index (χ4n) is 5.36. The highest BCUT2D eigenvalue weighted by Gasteiger charge is 2.51. The molecule has 0 spiro atoms. The van der Waals surface area contributed by atoms with Crippen LogP contribution in [0, 0.1) is 18.7 Å². The maximum atomic E-state index is 13.6. The van der Waals surface area contributed by atoms with E-state index in [1.54, 1.807) is 6.92 Å². The third-order valence-electron chi connectivity index (χ3n) is 7.77. The van der Waals surface area contributed by atoms with Gasteiger partial charge in [-0.15, -0.1) is 0 Å². The normalized spacial score (nSPS) is 19.9. The minimum atomic E-state index is -0.942. The van der Waals surface area contributed by atoms with Crippen molar-refractivity contribution in [2.75, 3.05) is 32.7 Å². The van der Waals surface area contributed by atoms with Gasteiger partial charge in [-0.2, -0.15) is 0 Å². The van der Waals surface area contributed by atoms with Gasteiger partial charge in [0.2, 0.25) is 0 Å². The van der Waals surface area contributed by atoms with Crippen LogP contribution in [-0.2, 0) is 16.1 Å². The number of carbonyl (C=O) groups is 4. The molecule has 0 N–H and O–H groups in total. The van der Waals surface area contributed by atoms with E-state index in [1.807, 2.05) is 24.3 Å². The maximum Gasteiger partial charge on any atom is 0.434 e. The van der Waals surface area contributed by atoms with Gasteiger partial charge < -0.3 is 19.5 Å². The lowest BCUT2D eigenvalue weighted by Crippen LogP contribution is -2.54. The van der Waals surface area contributed by atoms with E-state index in [4.69, 9.17) is 16.4 Å². The van der Waals surface area contributed by atoms with Crippen molar-refractivity contribution in [2.24, 2.45) is 5.92 Å². The van der Waals surface area contributed by atoms with E-state index < -0.39 is 29.9 Å². The van der Waals surface area contributed by atoms with Crippen molar-refractivity contribution in [1.29, 1.82) is 0 Å². The monoisotopic (exact) mass is 556 g/mol. The number of aryl methyl sites for hydroxylation is 2. The van der Waals surface area contributed by atoms with Crippen LogP contribution in [0.15, 0.2) is 42.5 Å². The van der Waals surface area contributed by atoms with E-state index in [-0.39, 0.29) is 25.5 Å². The summed E-state index contributed by atoms with van der Waals surface area (Å²) in [6.45, 7) is 2.82. The molecular formula is C28H30ClFN4O5. The predicted octanol–water partition coefficient (Wildman–Crippen LogP) is 4.27. The van der Waals surface area contributed by atoms with Crippen molar-refractivity contribution >= 4 is 35.5 Å². The molecule has 3 aliphatic rings. The number of nitrogens with zero attached hydrogens (tertiary/aromatic N) is 4. The average Bonchev–Trinajstić information content (AvgIpc) is 3.18. The molecule has 2 aromatic carbocycles. The summed E-state index contributed by atoms with van der Waals surface area (Å²) in [4.78, 5) is 61.2. The van der Waals surface area contributed by atoms with E-state index in [0.717, 1.165) is 25.7 Å². The molecule has 9 nitrogen and oxygen atoms in total. The van der Waals surface area contributed by atoms with E-state index in [1.165, 1.54) is 38.5 Å².